The van der Waals surface area contributed by atoms with Crippen molar-refractivity contribution in [1.29, 1.82) is 0 Å². The number of aromatic nitrogens is 2. The van der Waals surface area contributed by atoms with Crippen LogP contribution in [0.1, 0.15) is 20.3 Å². The molecular weight excluding hydrogens is 202 g/mol. The fraction of sp³-hybridized carbons (Fsp3) is 0.727. The van der Waals surface area contributed by atoms with Gasteiger partial charge in [-0.1, -0.05) is 13.8 Å². The smallest absolute Gasteiger partial charge is 0.158 e. The van der Waals surface area contributed by atoms with Crippen LogP contribution in [0, 0.1) is 0 Å². The lowest BCUT2D eigenvalue weighted by molar-refractivity contribution is 0.912. The van der Waals surface area contributed by atoms with Crippen LogP contribution in [-0.4, -0.2) is 24.3 Å². The third-order valence-electron chi connectivity index (χ3n) is 3.88. The summed E-state index contributed by atoms with van der Waals surface area (Å²) in [6.45, 7) is 5.94. The van der Waals surface area contributed by atoms with E-state index in [1.54, 1.807) is 0 Å². The number of aryl methyl sites for hydroxylation is 1. The Morgan fingerprint density at radius 1 is 1.40 bits per heavy atom. The molecule has 0 unspecified atom stereocenters. The van der Waals surface area contributed by atoms with Crippen molar-refractivity contribution in [2.45, 2.75) is 38.4 Å². The maximum Gasteiger partial charge on any atom is 0.158 e. The predicted octanol–water partition coefficient (Wildman–Crippen LogP) is 2.62. The van der Waals surface area contributed by atoms with Gasteiger partial charge in [-0.05, 0) is 24.6 Å². The summed E-state index contributed by atoms with van der Waals surface area (Å²) < 4.78 is 4.70. The van der Waals surface area contributed by atoms with Crippen LogP contribution in [0.4, 0.5) is 5.82 Å². The van der Waals surface area contributed by atoms with Crippen molar-refractivity contribution >= 4 is 14.1 Å². The SMILES string of the molecule is CC[Si]1(CC)CCCN1c1cn(C)cn1. The molecule has 1 aromatic heterocycles. The molecular formula is C11H21N3Si. The summed E-state index contributed by atoms with van der Waals surface area (Å²) in [6, 6.07) is 4.18. The van der Waals surface area contributed by atoms with E-state index in [9.17, 15) is 0 Å². The zero-order valence-electron chi connectivity index (χ0n) is 10.0. The van der Waals surface area contributed by atoms with Crippen LogP contribution in [0.2, 0.25) is 18.1 Å². The Labute approximate surface area is 93.2 Å². The van der Waals surface area contributed by atoms with Gasteiger partial charge in [-0.2, -0.15) is 0 Å². The topological polar surface area (TPSA) is 21.1 Å². The lowest BCUT2D eigenvalue weighted by Gasteiger charge is -2.35. The number of anilines is 1. The minimum Gasteiger partial charge on any atom is -0.381 e. The molecule has 0 aliphatic carbocycles. The minimum atomic E-state index is -1.18. The highest BCUT2D eigenvalue weighted by Crippen LogP contribution is 2.35. The Kier molecular flexibility index (Phi) is 2.86. The van der Waals surface area contributed by atoms with Gasteiger partial charge in [0.05, 0.1) is 6.33 Å². The summed E-state index contributed by atoms with van der Waals surface area (Å²) in [4.78, 5) is 4.51. The van der Waals surface area contributed by atoms with Gasteiger partial charge in [-0.25, -0.2) is 4.98 Å². The molecule has 1 aliphatic rings. The van der Waals surface area contributed by atoms with Gasteiger partial charge in [-0.15, -0.1) is 0 Å². The second-order valence-corrected chi connectivity index (χ2v) is 9.49. The molecule has 0 spiro atoms. The molecule has 0 amide bonds. The second-order valence-electron chi connectivity index (χ2n) is 4.58. The first-order valence-electron chi connectivity index (χ1n) is 5.97. The summed E-state index contributed by atoms with van der Waals surface area (Å²) in [6.07, 6.45) is 5.45. The second kappa shape index (κ2) is 4.00. The van der Waals surface area contributed by atoms with E-state index in [-0.39, 0.29) is 0 Å². The molecule has 1 aliphatic heterocycles. The van der Waals surface area contributed by atoms with Gasteiger partial charge in [0.1, 0.15) is 5.82 Å². The molecule has 3 nitrogen and oxygen atoms in total. The van der Waals surface area contributed by atoms with Gasteiger partial charge in [0.2, 0.25) is 0 Å². The van der Waals surface area contributed by atoms with Crippen molar-refractivity contribution < 1.29 is 0 Å². The maximum absolute atomic E-state index is 4.51. The Morgan fingerprint density at radius 2 is 2.13 bits per heavy atom. The highest BCUT2D eigenvalue weighted by atomic mass is 28.3. The molecule has 0 atom stereocenters. The van der Waals surface area contributed by atoms with Gasteiger partial charge < -0.3 is 9.13 Å². The first-order valence-corrected chi connectivity index (χ1v) is 8.54. The Bertz CT molecular complexity index is 330. The van der Waals surface area contributed by atoms with Crippen molar-refractivity contribution in [2.24, 2.45) is 7.05 Å². The van der Waals surface area contributed by atoms with Gasteiger partial charge in [0.25, 0.3) is 0 Å². The van der Waals surface area contributed by atoms with Crippen molar-refractivity contribution in [2.75, 3.05) is 11.1 Å². The minimum absolute atomic E-state index is 1.18. The standard InChI is InChI=1S/C11H21N3Si/c1-4-15(5-2)8-6-7-14(15)11-9-13(3)10-12-11/h9-10H,4-8H2,1-3H3. The van der Waals surface area contributed by atoms with Crippen LogP contribution in [0.25, 0.3) is 0 Å². The monoisotopic (exact) mass is 223 g/mol. The van der Waals surface area contributed by atoms with Crippen LogP contribution in [0.3, 0.4) is 0 Å². The first-order chi connectivity index (χ1) is 7.22. The largest absolute Gasteiger partial charge is 0.381 e. The van der Waals surface area contributed by atoms with Crippen LogP contribution in [0.5, 0.6) is 0 Å². The average Bonchev–Trinajstić information content (AvgIpc) is 2.83. The zero-order chi connectivity index (χ0) is 10.9. The zero-order valence-corrected chi connectivity index (χ0v) is 11.0. The van der Waals surface area contributed by atoms with Crippen LogP contribution in [-0.2, 0) is 7.05 Å². The van der Waals surface area contributed by atoms with E-state index in [1.807, 2.05) is 13.4 Å². The van der Waals surface area contributed by atoms with Gasteiger partial charge in [0.15, 0.2) is 8.24 Å². The maximum atomic E-state index is 4.51. The fourth-order valence-electron chi connectivity index (χ4n) is 2.82. The fourth-order valence-corrected chi connectivity index (χ4v) is 7.11. The lowest BCUT2D eigenvalue weighted by atomic mass is 10.5. The molecule has 1 fully saturated rings. The number of hydrogen-bond acceptors (Lipinski definition) is 2. The van der Waals surface area contributed by atoms with E-state index in [0.29, 0.717) is 0 Å². The average molecular weight is 223 g/mol. The highest BCUT2D eigenvalue weighted by Gasteiger charge is 2.41. The van der Waals surface area contributed by atoms with E-state index in [0.717, 1.165) is 0 Å². The van der Waals surface area contributed by atoms with E-state index in [1.165, 1.54) is 36.9 Å². The molecule has 4 heteroatoms. The van der Waals surface area contributed by atoms with Crippen molar-refractivity contribution in [3.05, 3.63) is 12.5 Å². The number of imidazole rings is 1. The predicted molar refractivity (Wildman–Crippen MR) is 66.7 cm³/mol. The van der Waals surface area contributed by atoms with E-state index in [2.05, 4.69) is 34.2 Å². The molecule has 84 valence electrons. The molecule has 0 N–H and O–H groups in total. The van der Waals surface area contributed by atoms with Crippen molar-refractivity contribution in [3.8, 4) is 0 Å². The summed E-state index contributed by atoms with van der Waals surface area (Å²) in [5, 5.41) is 0. The molecule has 0 aromatic carbocycles. The van der Waals surface area contributed by atoms with Crippen LogP contribution >= 0.6 is 0 Å². The molecule has 15 heavy (non-hydrogen) atoms. The van der Waals surface area contributed by atoms with Crippen LogP contribution < -0.4 is 4.57 Å². The van der Waals surface area contributed by atoms with E-state index in [4.69, 9.17) is 0 Å². The summed E-state index contributed by atoms with van der Waals surface area (Å²) in [5.74, 6) is 1.21. The number of hydrogen-bond donors (Lipinski definition) is 0. The third kappa shape index (κ3) is 1.71. The van der Waals surface area contributed by atoms with Gasteiger partial charge in [-0.3, -0.25) is 0 Å². The Hall–Kier alpha value is -0.773. The first kappa shape index (κ1) is 10.7. The molecule has 0 bridgehead atoms. The molecule has 2 heterocycles. The summed E-state index contributed by atoms with van der Waals surface area (Å²) in [7, 11) is 0.870. The molecule has 0 radical (unpaired) electrons. The summed E-state index contributed by atoms with van der Waals surface area (Å²) in [5.41, 5.74) is 0. The van der Waals surface area contributed by atoms with Crippen molar-refractivity contribution in [3.63, 3.8) is 0 Å². The third-order valence-corrected chi connectivity index (χ3v) is 9.40. The molecule has 0 saturated carbocycles. The lowest BCUT2D eigenvalue weighted by Crippen LogP contribution is -2.48. The van der Waals surface area contributed by atoms with Crippen molar-refractivity contribution in [1.82, 2.24) is 9.55 Å². The Balaban J connectivity index is 2.28. The van der Waals surface area contributed by atoms with E-state index >= 15 is 0 Å². The molecule has 1 aromatic rings. The molecule has 2 rings (SSSR count). The quantitative estimate of drug-likeness (QED) is 0.735. The van der Waals surface area contributed by atoms with E-state index < -0.39 is 8.24 Å². The van der Waals surface area contributed by atoms with Gasteiger partial charge >= 0.3 is 0 Å². The molecule has 1 saturated heterocycles. The number of rotatable bonds is 3. The summed E-state index contributed by atoms with van der Waals surface area (Å²) >= 11 is 0. The number of nitrogens with zero attached hydrogens (tertiary/aromatic N) is 3. The van der Waals surface area contributed by atoms with Gasteiger partial charge in [0, 0.05) is 19.8 Å². The Morgan fingerprint density at radius 3 is 2.67 bits per heavy atom. The van der Waals surface area contributed by atoms with Crippen LogP contribution in [0.15, 0.2) is 12.5 Å². The highest BCUT2D eigenvalue weighted by molar-refractivity contribution is 6.83. The normalized spacial score (nSPS) is 19.8.